The third-order valence-corrected chi connectivity index (χ3v) is 4.77. The average Bonchev–Trinajstić information content (AvgIpc) is 2.61. The van der Waals surface area contributed by atoms with Crippen LogP contribution in [0.2, 0.25) is 0 Å². The van der Waals surface area contributed by atoms with Crippen LogP contribution in [0.25, 0.3) is 0 Å². The van der Waals surface area contributed by atoms with Gasteiger partial charge < -0.3 is 19.3 Å². The van der Waals surface area contributed by atoms with E-state index in [0.29, 0.717) is 5.75 Å². The Morgan fingerprint density at radius 2 is 1.89 bits per heavy atom. The zero-order chi connectivity index (χ0) is 14.2. The van der Waals surface area contributed by atoms with Crippen LogP contribution in [0, 0.1) is 13.8 Å². The number of aryl methyl sites for hydroxylation is 1. The monoisotopic (exact) mass is 330 g/mol. The molecule has 0 amide bonds. The van der Waals surface area contributed by atoms with Gasteiger partial charge in [0.25, 0.3) is 0 Å². The van der Waals surface area contributed by atoms with Gasteiger partial charge in [-0.3, -0.25) is 0 Å². The fourth-order valence-corrected chi connectivity index (χ4v) is 2.97. The quantitative estimate of drug-likeness (QED) is 0.921. The molecule has 0 saturated carbocycles. The van der Waals surface area contributed by atoms with Gasteiger partial charge in [0.2, 0.25) is 0 Å². The first-order valence-electron chi connectivity index (χ1n) is 6.11. The van der Waals surface area contributed by atoms with Crippen molar-refractivity contribution in [1.82, 2.24) is 0 Å². The molecule has 0 aliphatic carbocycles. The fourth-order valence-electron chi connectivity index (χ4n) is 2.65. The van der Waals surface area contributed by atoms with Crippen LogP contribution >= 0.6 is 15.9 Å². The number of halogens is 1. The first kappa shape index (κ1) is 14.8. The van der Waals surface area contributed by atoms with Gasteiger partial charge in [-0.1, -0.05) is 15.9 Å². The van der Waals surface area contributed by atoms with E-state index in [4.69, 9.17) is 14.2 Å². The van der Waals surface area contributed by atoms with Crippen LogP contribution in [0.3, 0.4) is 0 Å². The second-order valence-electron chi connectivity index (χ2n) is 4.98. The highest BCUT2D eigenvalue weighted by atomic mass is 79.9. The van der Waals surface area contributed by atoms with E-state index in [1.807, 2.05) is 19.9 Å². The Labute approximate surface area is 121 Å². The Kier molecular flexibility index (Phi) is 4.20. The molecule has 1 atom stereocenters. The maximum absolute atomic E-state index is 10.6. The predicted octanol–water partition coefficient (Wildman–Crippen LogP) is 2.52. The molecule has 0 radical (unpaired) electrons. The standard InChI is InChI=1S/C14H19BrO4/c1-8-5-10-11(9(2)12(8)15)13(16)14(19-10,6-17-3)7-18-4/h5,13,16H,6-7H2,1-4H3. The predicted molar refractivity (Wildman–Crippen MR) is 75.7 cm³/mol. The van der Waals surface area contributed by atoms with Gasteiger partial charge in [-0.25, -0.2) is 0 Å². The highest BCUT2D eigenvalue weighted by Gasteiger charge is 2.49. The number of rotatable bonds is 4. The second-order valence-corrected chi connectivity index (χ2v) is 5.77. The van der Waals surface area contributed by atoms with Crippen molar-refractivity contribution in [1.29, 1.82) is 0 Å². The molecule has 0 saturated heterocycles. The number of hydrogen-bond acceptors (Lipinski definition) is 4. The molecule has 1 aliphatic rings. The van der Waals surface area contributed by atoms with Crippen LogP contribution in [0.15, 0.2) is 10.5 Å². The summed E-state index contributed by atoms with van der Waals surface area (Å²) in [6, 6.07) is 1.93. The summed E-state index contributed by atoms with van der Waals surface area (Å²) in [6.07, 6.45) is -0.765. The summed E-state index contributed by atoms with van der Waals surface area (Å²) in [5.41, 5.74) is 2.02. The smallest absolute Gasteiger partial charge is 0.185 e. The first-order valence-corrected chi connectivity index (χ1v) is 6.90. The van der Waals surface area contributed by atoms with Crippen molar-refractivity contribution in [2.24, 2.45) is 0 Å². The van der Waals surface area contributed by atoms with Crippen molar-refractivity contribution in [3.8, 4) is 5.75 Å². The second kappa shape index (κ2) is 5.40. The summed E-state index contributed by atoms with van der Waals surface area (Å²) in [5.74, 6) is 0.708. The summed E-state index contributed by atoms with van der Waals surface area (Å²) in [6.45, 7) is 4.51. The number of benzene rings is 1. The minimum atomic E-state index is -0.871. The van der Waals surface area contributed by atoms with Crippen LogP contribution in [0.4, 0.5) is 0 Å². The lowest BCUT2D eigenvalue weighted by molar-refractivity contribution is -0.110. The Hall–Kier alpha value is -0.620. The first-order chi connectivity index (χ1) is 8.96. The van der Waals surface area contributed by atoms with Gasteiger partial charge in [0, 0.05) is 24.3 Å². The van der Waals surface area contributed by atoms with E-state index in [2.05, 4.69) is 15.9 Å². The van der Waals surface area contributed by atoms with Gasteiger partial charge in [0.1, 0.15) is 11.9 Å². The SMILES string of the molecule is COCC1(COC)Oc2cc(C)c(Br)c(C)c2C1O. The average molecular weight is 331 g/mol. The van der Waals surface area contributed by atoms with E-state index in [9.17, 15) is 5.11 Å². The van der Waals surface area contributed by atoms with E-state index in [1.54, 1.807) is 14.2 Å². The minimum Gasteiger partial charge on any atom is -0.479 e. The van der Waals surface area contributed by atoms with Gasteiger partial charge in [-0.2, -0.15) is 0 Å². The maximum Gasteiger partial charge on any atom is 0.185 e. The topological polar surface area (TPSA) is 47.9 Å². The van der Waals surface area contributed by atoms with Crippen molar-refractivity contribution in [2.45, 2.75) is 25.6 Å². The number of aliphatic hydroxyl groups excluding tert-OH is 1. The molecule has 1 aromatic rings. The molecule has 0 spiro atoms. The molecule has 1 unspecified atom stereocenters. The summed E-state index contributed by atoms with van der Waals surface area (Å²) in [4.78, 5) is 0. The number of aliphatic hydroxyl groups is 1. The van der Waals surface area contributed by atoms with E-state index in [1.165, 1.54) is 0 Å². The molecule has 0 bridgehead atoms. The molecule has 5 heteroatoms. The lowest BCUT2D eigenvalue weighted by Crippen LogP contribution is -2.47. The molecule has 1 N–H and O–H groups in total. The Morgan fingerprint density at radius 3 is 2.42 bits per heavy atom. The van der Waals surface area contributed by atoms with E-state index in [0.717, 1.165) is 21.2 Å². The molecule has 1 aliphatic heterocycles. The lowest BCUT2D eigenvalue weighted by atomic mass is 9.92. The molecular formula is C14H19BrO4. The van der Waals surface area contributed by atoms with Gasteiger partial charge in [0.15, 0.2) is 5.60 Å². The summed E-state index contributed by atoms with van der Waals surface area (Å²) >= 11 is 3.55. The van der Waals surface area contributed by atoms with Crippen molar-refractivity contribution in [2.75, 3.05) is 27.4 Å². The number of hydrogen-bond donors (Lipinski definition) is 1. The zero-order valence-electron chi connectivity index (χ0n) is 11.6. The summed E-state index contributed by atoms with van der Waals surface area (Å²) < 4.78 is 17.4. The highest BCUT2D eigenvalue weighted by molar-refractivity contribution is 9.10. The third kappa shape index (κ3) is 2.29. The maximum atomic E-state index is 10.6. The van der Waals surface area contributed by atoms with Gasteiger partial charge in [0.05, 0.1) is 13.2 Å². The van der Waals surface area contributed by atoms with Crippen LogP contribution in [0.5, 0.6) is 5.75 Å². The van der Waals surface area contributed by atoms with Crippen molar-refractivity contribution >= 4 is 15.9 Å². The molecule has 0 fully saturated rings. The molecule has 2 rings (SSSR count). The van der Waals surface area contributed by atoms with E-state index >= 15 is 0 Å². The van der Waals surface area contributed by atoms with E-state index < -0.39 is 11.7 Å². The van der Waals surface area contributed by atoms with Crippen molar-refractivity contribution in [3.63, 3.8) is 0 Å². The zero-order valence-corrected chi connectivity index (χ0v) is 13.2. The molecule has 0 aromatic heterocycles. The van der Waals surface area contributed by atoms with Crippen molar-refractivity contribution < 1.29 is 19.3 Å². The Bertz CT molecular complexity index is 481. The Balaban J connectivity index is 2.50. The van der Waals surface area contributed by atoms with Crippen LogP contribution in [-0.4, -0.2) is 38.1 Å². The molecule has 19 heavy (non-hydrogen) atoms. The van der Waals surface area contributed by atoms with Gasteiger partial charge in [-0.05, 0) is 31.0 Å². The largest absolute Gasteiger partial charge is 0.479 e. The van der Waals surface area contributed by atoms with Crippen LogP contribution in [-0.2, 0) is 9.47 Å². The molecule has 1 aromatic carbocycles. The molecule has 4 nitrogen and oxygen atoms in total. The number of ether oxygens (including phenoxy) is 3. The molecular weight excluding hydrogens is 312 g/mol. The van der Waals surface area contributed by atoms with E-state index in [-0.39, 0.29) is 13.2 Å². The fraction of sp³-hybridized carbons (Fsp3) is 0.571. The van der Waals surface area contributed by atoms with Gasteiger partial charge >= 0.3 is 0 Å². The van der Waals surface area contributed by atoms with Crippen LogP contribution < -0.4 is 4.74 Å². The Morgan fingerprint density at radius 1 is 1.32 bits per heavy atom. The third-order valence-electron chi connectivity index (χ3n) is 3.55. The number of methoxy groups -OCH3 is 2. The van der Waals surface area contributed by atoms with Crippen LogP contribution in [0.1, 0.15) is 22.8 Å². The minimum absolute atomic E-state index is 0.271. The summed E-state index contributed by atoms with van der Waals surface area (Å²) in [5, 5.41) is 10.6. The normalized spacial score (nSPS) is 20.2. The summed E-state index contributed by atoms with van der Waals surface area (Å²) in [7, 11) is 3.18. The lowest BCUT2D eigenvalue weighted by Gasteiger charge is -2.30. The number of fused-ring (bicyclic) bond motifs is 1. The van der Waals surface area contributed by atoms with Crippen molar-refractivity contribution in [3.05, 3.63) is 27.2 Å². The molecule has 106 valence electrons. The molecule has 1 heterocycles. The highest BCUT2D eigenvalue weighted by Crippen LogP contribution is 2.47. The van der Waals surface area contributed by atoms with Gasteiger partial charge in [-0.15, -0.1) is 0 Å².